The zero-order chi connectivity index (χ0) is 13.3. The van der Waals surface area contributed by atoms with Crippen LogP contribution < -0.4 is 5.32 Å². The van der Waals surface area contributed by atoms with E-state index in [1.807, 2.05) is 20.9 Å². The van der Waals surface area contributed by atoms with Gasteiger partial charge in [0.15, 0.2) is 0 Å². The maximum atomic E-state index is 12.2. The van der Waals surface area contributed by atoms with E-state index in [2.05, 4.69) is 31.3 Å². The summed E-state index contributed by atoms with van der Waals surface area (Å²) >= 11 is 3.33. The molecule has 1 amide bonds. The van der Waals surface area contributed by atoms with Gasteiger partial charge in [-0.3, -0.25) is 9.48 Å². The van der Waals surface area contributed by atoms with Crippen LogP contribution in [0.3, 0.4) is 0 Å². The summed E-state index contributed by atoms with van der Waals surface area (Å²) in [4.78, 5) is 16.2. The number of rotatable bonds is 2. The molecule has 0 aliphatic heterocycles. The number of nitrogens with zero attached hydrogens (tertiary/aromatic N) is 3. The number of aryl methyl sites for hydroxylation is 2. The van der Waals surface area contributed by atoms with E-state index in [-0.39, 0.29) is 5.91 Å². The summed E-state index contributed by atoms with van der Waals surface area (Å²) in [6.45, 7) is 3.68. The molecule has 0 aliphatic rings. The van der Waals surface area contributed by atoms with Gasteiger partial charge in [-0.25, -0.2) is 4.98 Å². The molecule has 5 nitrogen and oxygen atoms in total. The second-order valence-corrected chi connectivity index (χ2v) is 4.90. The summed E-state index contributed by atoms with van der Waals surface area (Å²) in [6.07, 6.45) is 1.63. The van der Waals surface area contributed by atoms with Crippen LogP contribution in [0.5, 0.6) is 0 Å². The van der Waals surface area contributed by atoms with Gasteiger partial charge in [-0.15, -0.1) is 0 Å². The average Bonchev–Trinajstić information content (AvgIpc) is 2.53. The number of carbonyl (C=O) groups is 1. The number of halogens is 1. The predicted molar refractivity (Wildman–Crippen MR) is 72.6 cm³/mol. The lowest BCUT2D eigenvalue weighted by atomic mass is 10.2. The molecule has 2 rings (SSSR count). The highest BCUT2D eigenvalue weighted by atomic mass is 79.9. The van der Waals surface area contributed by atoms with Crippen molar-refractivity contribution in [1.29, 1.82) is 0 Å². The quantitative estimate of drug-likeness (QED) is 0.927. The Morgan fingerprint density at radius 2 is 2.17 bits per heavy atom. The smallest absolute Gasteiger partial charge is 0.260 e. The summed E-state index contributed by atoms with van der Waals surface area (Å²) in [7, 11) is 1.82. The topological polar surface area (TPSA) is 59.8 Å². The Labute approximate surface area is 113 Å². The van der Waals surface area contributed by atoms with E-state index in [0.717, 1.165) is 10.2 Å². The van der Waals surface area contributed by atoms with Crippen molar-refractivity contribution in [2.45, 2.75) is 13.8 Å². The van der Waals surface area contributed by atoms with Crippen molar-refractivity contribution < 1.29 is 4.79 Å². The van der Waals surface area contributed by atoms with Gasteiger partial charge in [0.1, 0.15) is 5.82 Å². The van der Waals surface area contributed by atoms with E-state index in [4.69, 9.17) is 0 Å². The van der Waals surface area contributed by atoms with Gasteiger partial charge in [0, 0.05) is 23.4 Å². The maximum absolute atomic E-state index is 12.2. The van der Waals surface area contributed by atoms with E-state index in [1.54, 1.807) is 23.0 Å². The van der Waals surface area contributed by atoms with Gasteiger partial charge in [0.05, 0.1) is 11.3 Å². The van der Waals surface area contributed by atoms with Gasteiger partial charge in [-0.2, -0.15) is 5.10 Å². The minimum Gasteiger partial charge on any atom is -0.306 e. The fourth-order valence-electron chi connectivity index (χ4n) is 1.75. The summed E-state index contributed by atoms with van der Waals surface area (Å²) in [5.41, 5.74) is 2.14. The average molecular weight is 309 g/mol. The molecule has 2 aromatic rings. The fraction of sp³-hybridized carbons (Fsp3) is 0.250. The van der Waals surface area contributed by atoms with E-state index >= 15 is 0 Å². The monoisotopic (exact) mass is 308 g/mol. The first kappa shape index (κ1) is 12.8. The highest BCUT2D eigenvalue weighted by Gasteiger charge is 2.17. The van der Waals surface area contributed by atoms with E-state index in [1.165, 1.54) is 0 Å². The highest BCUT2D eigenvalue weighted by Crippen LogP contribution is 2.16. The van der Waals surface area contributed by atoms with Crippen LogP contribution in [0.1, 0.15) is 21.7 Å². The Balaban J connectivity index is 2.27. The number of hydrogen-bond acceptors (Lipinski definition) is 3. The molecular weight excluding hydrogens is 296 g/mol. The predicted octanol–water partition coefficient (Wildman–Crippen LogP) is 2.45. The number of aromatic nitrogens is 3. The molecule has 94 valence electrons. The van der Waals surface area contributed by atoms with Crippen molar-refractivity contribution >= 4 is 27.7 Å². The number of anilines is 1. The van der Waals surface area contributed by atoms with E-state index in [9.17, 15) is 4.79 Å². The Hall–Kier alpha value is -1.69. The van der Waals surface area contributed by atoms with Crippen LogP contribution in [0.2, 0.25) is 0 Å². The second-order valence-electron chi connectivity index (χ2n) is 3.98. The zero-order valence-electron chi connectivity index (χ0n) is 10.4. The van der Waals surface area contributed by atoms with Gasteiger partial charge in [-0.1, -0.05) is 15.9 Å². The molecular formula is C12H13BrN4O. The third-order valence-electron chi connectivity index (χ3n) is 2.70. The van der Waals surface area contributed by atoms with Gasteiger partial charge in [-0.05, 0) is 26.0 Å². The summed E-state index contributed by atoms with van der Waals surface area (Å²) < 4.78 is 2.56. The van der Waals surface area contributed by atoms with E-state index < -0.39 is 0 Å². The molecule has 0 aromatic carbocycles. The van der Waals surface area contributed by atoms with Crippen molar-refractivity contribution in [1.82, 2.24) is 14.8 Å². The second kappa shape index (κ2) is 4.89. The third kappa shape index (κ3) is 2.43. The van der Waals surface area contributed by atoms with Crippen LogP contribution in [0, 0.1) is 13.8 Å². The van der Waals surface area contributed by atoms with Crippen LogP contribution in [-0.4, -0.2) is 20.7 Å². The molecule has 0 saturated carbocycles. The molecule has 0 atom stereocenters. The molecule has 2 aromatic heterocycles. The Kier molecular flexibility index (Phi) is 3.47. The van der Waals surface area contributed by atoms with Gasteiger partial charge in [0.25, 0.3) is 5.91 Å². The van der Waals surface area contributed by atoms with Crippen molar-refractivity contribution in [3.63, 3.8) is 0 Å². The molecule has 1 N–H and O–H groups in total. The van der Waals surface area contributed by atoms with Crippen LogP contribution in [0.15, 0.2) is 22.8 Å². The third-order valence-corrected chi connectivity index (χ3v) is 3.19. The number of carbonyl (C=O) groups excluding carboxylic acids is 1. The van der Waals surface area contributed by atoms with Gasteiger partial charge >= 0.3 is 0 Å². The number of hydrogen-bond donors (Lipinski definition) is 1. The van der Waals surface area contributed by atoms with Crippen LogP contribution in [0.4, 0.5) is 5.82 Å². The molecule has 0 bridgehead atoms. The van der Waals surface area contributed by atoms with Crippen molar-refractivity contribution in [3.8, 4) is 0 Å². The molecule has 0 fully saturated rings. The largest absolute Gasteiger partial charge is 0.306 e. The van der Waals surface area contributed by atoms with Crippen LogP contribution in [-0.2, 0) is 7.05 Å². The number of nitrogens with one attached hydrogen (secondary N) is 1. The standard InChI is InChI=1S/C12H13BrN4O/c1-7-11(8(2)17(3)16-7)12(18)15-10-6-9(13)4-5-14-10/h4-6H,1-3H3,(H,14,15,18). The Bertz CT molecular complexity index is 606. The molecule has 0 spiro atoms. The Morgan fingerprint density at radius 3 is 2.72 bits per heavy atom. The molecule has 6 heteroatoms. The zero-order valence-corrected chi connectivity index (χ0v) is 11.9. The summed E-state index contributed by atoms with van der Waals surface area (Å²) in [5.74, 6) is 0.320. The molecule has 2 heterocycles. The first-order valence-corrected chi connectivity index (χ1v) is 6.21. The lowest BCUT2D eigenvalue weighted by Gasteiger charge is -2.05. The highest BCUT2D eigenvalue weighted by molar-refractivity contribution is 9.10. The number of pyridine rings is 1. The first-order chi connectivity index (χ1) is 8.49. The fourth-order valence-corrected chi connectivity index (χ4v) is 2.09. The van der Waals surface area contributed by atoms with Crippen LogP contribution in [0.25, 0.3) is 0 Å². The van der Waals surface area contributed by atoms with Crippen molar-refractivity contribution in [2.24, 2.45) is 7.05 Å². The molecule has 0 radical (unpaired) electrons. The molecule has 18 heavy (non-hydrogen) atoms. The normalized spacial score (nSPS) is 10.4. The summed E-state index contributed by atoms with van der Waals surface area (Å²) in [5, 5.41) is 6.98. The maximum Gasteiger partial charge on any atom is 0.260 e. The minimum atomic E-state index is -0.191. The van der Waals surface area contributed by atoms with Gasteiger partial charge in [0.2, 0.25) is 0 Å². The Morgan fingerprint density at radius 1 is 1.44 bits per heavy atom. The van der Waals surface area contributed by atoms with Crippen molar-refractivity contribution in [3.05, 3.63) is 39.8 Å². The van der Waals surface area contributed by atoms with Crippen molar-refractivity contribution in [2.75, 3.05) is 5.32 Å². The van der Waals surface area contributed by atoms with E-state index in [0.29, 0.717) is 17.1 Å². The first-order valence-electron chi connectivity index (χ1n) is 5.42. The molecule has 0 unspecified atom stereocenters. The van der Waals surface area contributed by atoms with Crippen LogP contribution >= 0.6 is 15.9 Å². The minimum absolute atomic E-state index is 0.191. The number of amides is 1. The molecule has 0 saturated heterocycles. The lowest BCUT2D eigenvalue weighted by Crippen LogP contribution is -2.14. The SMILES string of the molecule is Cc1nn(C)c(C)c1C(=O)Nc1cc(Br)ccn1. The van der Waals surface area contributed by atoms with Gasteiger partial charge < -0.3 is 5.32 Å². The summed E-state index contributed by atoms with van der Waals surface area (Å²) in [6, 6.07) is 3.55. The molecule has 0 aliphatic carbocycles. The lowest BCUT2D eigenvalue weighted by molar-refractivity contribution is 0.102.